The third-order valence-electron chi connectivity index (χ3n) is 5.57. The molecule has 1 aliphatic rings. The van der Waals surface area contributed by atoms with Gasteiger partial charge in [0.05, 0.1) is 19.2 Å². The van der Waals surface area contributed by atoms with Crippen LogP contribution in [-0.2, 0) is 11.2 Å². The fraction of sp³-hybridized carbons (Fsp3) is 0.320. The van der Waals surface area contributed by atoms with Crippen LogP contribution in [0.4, 0.5) is 11.5 Å². The molecule has 6 heteroatoms. The molecule has 1 aliphatic heterocycles. The number of carbonyl (C=O) groups is 1. The molecule has 0 radical (unpaired) electrons. The van der Waals surface area contributed by atoms with Gasteiger partial charge in [0.25, 0.3) is 0 Å². The highest BCUT2D eigenvalue weighted by molar-refractivity contribution is 5.92. The zero-order chi connectivity index (χ0) is 21.5. The van der Waals surface area contributed by atoms with Crippen LogP contribution in [-0.4, -0.2) is 36.3 Å². The second-order valence-corrected chi connectivity index (χ2v) is 7.83. The lowest BCUT2D eigenvalue weighted by molar-refractivity contribution is -0.115. The molecule has 0 unspecified atom stereocenters. The highest BCUT2D eigenvalue weighted by Crippen LogP contribution is 2.22. The van der Waals surface area contributed by atoms with Gasteiger partial charge in [-0.3, -0.25) is 4.79 Å². The van der Waals surface area contributed by atoms with E-state index in [9.17, 15) is 4.79 Å². The van der Waals surface area contributed by atoms with Gasteiger partial charge in [-0.15, -0.1) is 10.2 Å². The van der Waals surface area contributed by atoms with Crippen molar-refractivity contribution < 1.29 is 9.53 Å². The van der Waals surface area contributed by atoms with Crippen molar-refractivity contribution in [2.24, 2.45) is 0 Å². The van der Waals surface area contributed by atoms with Crippen molar-refractivity contribution in [2.45, 2.75) is 32.1 Å². The minimum absolute atomic E-state index is 0.0560. The summed E-state index contributed by atoms with van der Waals surface area (Å²) >= 11 is 0. The number of ether oxygens (including phenoxy) is 1. The standard InChI is InChI=1S/C25H28N4O2/c1-31-22-12-6-19(7-13-22)18-25(30)26-21-10-8-20(9-11-21)23-14-15-24(28-27-23)29-16-4-2-3-5-17-29/h6-15H,2-5,16-18H2,1H3,(H,26,30). The molecular formula is C25H28N4O2. The van der Waals surface area contributed by atoms with Crippen molar-refractivity contribution in [2.75, 3.05) is 30.4 Å². The van der Waals surface area contributed by atoms with Gasteiger partial charge in [-0.2, -0.15) is 0 Å². The molecule has 1 saturated heterocycles. The third-order valence-corrected chi connectivity index (χ3v) is 5.57. The van der Waals surface area contributed by atoms with Gasteiger partial charge < -0.3 is 15.0 Å². The maximum Gasteiger partial charge on any atom is 0.228 e. The lowest BCUT2D eigenvalue weighted by Crippen LogP contribution is -2.25. The summed E-state index contributed by atoms with van der Waals surface area (Å²) in [5.74, 6) is 1.68. The largest absolute Gasteiger partial charge is 0.497 e. The molecule has 1 aromatic heterocycles. The minimum Gasteiger partial charge on any atom is -0.497 e. The van der Waals surface area contributed by atoms with E-state index in [0.717, 1.165) is 47.2 Å². The molecule has 2 aromatic carbocycles. The average Bonchev–Trinajstić information content (AvgIpc) is 3.10. The quantitative estimate of drug-likeness (QED) is 0.630. The van der Waals surface area contributed by atoms with Crippen LogP contribution in [0.3, 0.4) is 0 Å². The first kappa shape index (κ1) is 20.8. The van der Waals surface area contributed by atoms with Crippen molar-refractivity contribution >= 4 is 17.4 Å². The van der Waals surface area contributed by atoms with E-state index < -0.39 is 0 Å². The van der Waals surface area contributed by atoms with Crippen molar-refractivity contribution in [3.8, 4) is 17.0 Å². The summed E-state index contributed by atoms with van der Waals surface area (Å²) in [5, 5.41) is 11.8. The van der Waals surface area contributed by atoms with Gasteiger partial charge in [-0.1, -0.05) is 37.1 Å². The van der Waals surface area contributed by atoms with Gasteiger partial charge in [0.15, 0.2) is 5.82 Å². The first-order valence-electron chi connectivity index (χ1n) is 10.8. The zero-order valence-corrected chi connectivity index (χ0v) is 17.9. The van der Waals surface area contributed by atoms with E-state index >= 15 is 0 Å². The highest BCUT2D eigenvalue weighted by Gasteiger charge is 2.12. The van der Waals surface area contributed by atoms with Crippen LogP contribution in [0.1, 0.15) is 31.2 Å². The monoisotopic (exact) mass is 416 g/mol. The molecule has 1 amide bonds. The van der Waals surface area contributed by atoms with Crippen molar-refractivity contribution in [3.05, 3.63) is 66.2 Å². The number of carbonyl (C=O) groups excluding carboxylic acids is 1. The van der Waals surface area contributed by atoms with Gasteiger partial charge >= 0.3 is 0 Å². The van der Waals surface area contributed by atoms with E-state index in [0.29, 0.717) is 6.42 Å². The molecule has 0 bridgehead atoms. The number of hydrogen-bond acceptors (Lipinski definition) is 5. The van der Waals surface area contributed by atoms with Gasteiger partial charge in [0, 0.05) is 24.3 Å². The molecule has 6 nitrogen and oxygen atoms in total. The predicted molar refractivity (Wildman–Crippen MR) is 123 cm³/mol. The molecule has 160 valence electrons. The Kier molecular flexibility index (Phi) is 6.77. The fourth-order valence-electron chi connectivity index (χ4n) is 3.81. The molecule has 0 saturated carbocycles. The van der Waals surface area contributed by atoms with Crippen LogP contribution >= 0.6 is 0 Å². The Balaban J connectivity index is 1.35. The number of hydrogen-bond donors (Lipinski definition) is 1. The molecule has 3 aromatic rings. The summed E-state index contributed by atoms with van der Waals surface area (Å²) in [4.78, 5) is 14.7. The molecule has 2 heterocycles. The number of rotatable bonds is 6. The van der Waals surface area contributed by atoms with E-state index in [1.54, 1.807) is 7.11 Å². The lowest BCUT2D eigenvalue weighted by atomic mass is 10.1. The Morgan fingerprint density at radius 3 is 2.23 bits per heavy atom. The summed E-state index contributed by atoms with van der Waals surface area (Å²) < 4.78 is 5.15. The number of aromatic nitrogens is 2. The summed E-state index contributed by atoms with van der Waals surface area (Å²) in [6, 6.07) is 19.3. The summed E-state index contributed by atoms with van der Waals surface area (Å²) in [6.07, 6.45) is 5.34. The first-order chi connectivity index (χ1) is 15.2. The fourth-order valence-corrected chi connectivity index (χ4v) is 3.81. The Morgan fingerprint density at radius 2 is 1.61 bits per heavy atom. The van der Waals surface area contributed by atoms with Gasteiger partial charge in [-0.25, -0.2) is 0 Å². The van der Waals surface area contributed by atoms with Crippen LogP contribution < -0.4 is 15.0 Å². The maximum atomic E-state index is 12.3. The molecule has 4 rings (SSSR count). The zero-order valence-electron chi connectivity index (χ0n) is 17.9. The SMILES string of the molecule is COc1ccc(CC(=O)Nc2ccc(-c3ccc(N4CCCCCC4)nn3)cc2)cc1. The van der Waals surface area contributed by atoms with E-state index in [4.69, 9.17) is 4.74 Å². The molecule has 0 atom stereocenters. The smallest absolute Gasteiger partial charge is 0.228 e. The van der Waals surface area contributed by atoms with Crippen molar-refractivity contribution in [3.63, 3.8) is 0 Å². The summed E-state index contributed by atoms with van der Waals surface area (Å²) in [5.41, 5.74) is 3.50. The number of methoxy groups -OCH3 is 1. The van der Waals surface area contributed by atoms with Crippen molar-refractivity contribution in [1.29, 1.82) is 0 Å². The van der Waals surface area contributed by atoms with E-state index in [1.165, 1.54) is 25.7 Å². The van der Waals surface area contributed by atoms with Crippen LogP contribution in [0.15, 0.2) is 60.7 Å². The highest BCUT2D eigenvalue weighted by atomic mass is 16.5. The molecule has 31 heavy (non-hydrogen) atoms. The second kappa shape index (κ2) is 10.1. The van der Waals surface area contributed by atoms with Gasteiger partial charge in [-0.05, 0) is 54.8 Å². The number of benzene rings is 2. The van der Waals surface area contributed by atoms with Crippen LogP contribution in [0.2, 0.25) is 0 Å². The van der Waals surface area contributed by atoms with E-state index in [2.05, 4.69) is 26.5 Å². The number of nitrogens with one attached hydrogen (secondary N) is 1. The van der Waals surface area contributed by atoms with Gasteiger partial charge in [0.2, 0.25) is 5.91 Å². The third kappa shape index (κ3) is 5.60. The molecule has 0 aliphatic carbocycles. The Bertz CT molecular complexity index is 978. The molecule has 1 fully saturated rings. The normalized spacial score (nSPS) is 14.0. The topological polar surface area (TPSA) is 67.3 Å². The number of nitrogens with zero attached hydrogens (tertiary/aromatic N) is 3. The summed E-state index contributed by atoms with van der Waals surface area (Å²) in [7, 11) is 1.63. The maximum absolute atomic E-state index is 12.3. The first-order valence-corrected chi connectivity index (χ1v) is 10.8. The minimum atomic E-state index is -0.0560. The van der Waals surface area contributed by atoms with Crippen LogP contribution in [0.25, 0.3) is 11.3 Å². The lowest BCUT2D eigenvalue weighted by Gasteiger charge is -2.20. The molecule has 1 N–H and O–H groups in total. The Labute approximate surface area is 183 Å². The van der Waals surface area contributed by atoms with Gasteiger partial charge in [0.1, 0.15) is 5.75 Å². The Hall–Kier alpha value is -3.41. The predicted octanol–water partition coefficient (Wildman–Crippen LogP) is 4.71. The second-order valence-electron chi connectivity index (χ2n) is 7.83. The van der Waals surface area contributed by atoms with Crippen LogP contribution in [0.5, 0.6) is 5.75 Å². The number of anilines is 2. The average molecular weight is 417 g/mol. The van der Waals surface area contributed by atoms with Crippen molar-refractivity contribution in [1.82, 2.24) is 10.2 Å². The van der Waals surface area contributed by atoms with E-state index in [1.807, 2.05) is 54.6 Å². The van der Waals surface area contributed by atoms with Crippen LogP contribution in [0, 0.1) is 0 Å². The molecular weight excluding hydrogens is 388 g/mol. The van der Waals surface area contributed by atoms with E-state index in [-0.39, 0.29) is 5.91 Å². The Morgan fingerprint density at radius 1 is 0.903 bits per heavy atom. The summed E-state index contributed by atoms with van der Waals surface area (Å²) in [6.45, 7) is 2.11. The number of amides is 1. The molecule has 0 spiro atoms.